The molecule has 1 aromatic heterocycles. The van der Waals surface area contributed by atoms with E-state index in [1.807, 2.05) is 0 Å². The molecule has 12 heavy (non-hydrogen) atoms. The Labute approximate surface area is 75.4 Å². The van der Waals surface area contributed by atoms with E-state index in [-0.39, 0.29) is 10.0 Å². The van der Waals surface area contributed by atoms with Crippen molar-refractivity contribution < 1.29 is 8.42 Å². The highest BCUT2D eigenvalue weighted by Gasteiger charge is 2.13. The number of hydrogen-bond donors (Lipinski definition) is 1. The number of aromatic nitrogens is 1. The molecule has 0 bridgehead atoms. The van der Waals surface area contributed by atoms with Gasteiger partial charge in [-0.1, -0.05) is 11.6 Å². The second-order valence-electron chi connectivity index (χ2n) is 2.34. The Hall–Kier alpha value is -0.650. The van der Waals surface area contributed by atoms with Crippen molar-refractivity contribution in [2.45, 2.75) is 11.9 Å². The predicted octanol–water partition coefficient (Wildman–Crippen LogP) is 0.691. The SMILES string of the molecule is Cc1cnc(S(N)(=O)=O)c(Cl)c1. The van der Waals surface area contributed by atoms with Crippen LogP contribution in [0.25, 0.3) is 0 Å². The number of hydrogen-bond acceptors (Lipinski definition) is 3. The Morgan fingerprint density at radius 3 is 2.58 bits per heavy atom. The Balaban J connectivity index is 3.39. The summed E-state index contributed by atoms with van der Waals surface area (Å²) >= 11 is 5.59. The minimum atomic E-state index is -3.79. The van der Waals surface area contributed by atoms with Gasteiger partial charge in [-0.05, 0) is 18.6 Å². The van der Waals surface area contributed by atoms with Crippen LogP contribution in [0, 0.1) is 6.92 Å². The van der Waals surface area contributed by atoms with Crippen LogP contribution in [0.2, 0.25) is 5.02 Å². The third kappa shape index (κ3) is 1.94. The minimum Gasteiger partial charge on any atom is -0.242 e. The van der Waals surface area contributed by atoms with Gasteiger partial charge in [0, 0.05) is 6.20 Å². The predicted molar refractivity (Wildman–Crippen MR) is 45.4 cm³/mol. The maximum absolute atomic E-state index is 10.8. The molecule has 0 radical (unpaired) electrons. The van der Waals surface area contributed by atoms with Gasteiger partial charge in [0.05, 0.1) is 5.02 Å². The van der Waals surface area contributed by atoms with Gasteiger partial charge in [0.2, 0.25) is 0 Å². The van der Waals surface area contributed by atoms with Crippen LogP contribution in [0.15, 0.2) is 17.3 Å². The van der Waals surface area contributed by atoms with Crippen molar-refractivity contribution in [3.05, 3.63) is 22.8 Å². The maximum atomic E-state index is 10.8. The molecule has 0 spiro atoms. The molecular formula is C6H7ClN2O2S. The summed E-state index contributed by atoms with van der Waals surface area (Å²) in [6.07, 6.45) is 1.39. The maximum Gasteiger partial charge on any atom is 0.257 e. The highest BCUT2D eigenvalue weighted by Crippen LogP contribution is 2.17. The van der Waals surface area contributed by atoms with Gasteiger partial charge in [-0.3, -0.25) is 0 Å². The molecule has 0 atom stereocenters. The number of halogens is 1. The topological polar surface area (TPSA) is 73.0 Å². The van der Waals surface area contributed by atoms with Crippen molar-refractivity contribution in [2.75, 3.05) is 0 Å². The molecule has 1 rings (SSSR count). The molecule has 0 aliphatic carbocycles. The Kier molecular flexibility index (Phi) is 2.36. The van der Waals surface area contributed by atoms with E-state index >= 15 is 0 Å². The van der Waals surface area contributed by atoms with Crippen molar-refractivity contribution in [3.63, 3.8) is 0 Å². The second kappa shape index (κ2) is 3.01. The molecule has 0 aliphatic heterocycles. The summed E-state index contributed by atoms with van der Waals surface area (Å²) in [5.74, 6) is 0. The van der Waals surface area contributed by atoms with Gasteiger partial charge in [-0.25, -0.2) is 18.5 Å². The summed E-state index contributed by atoms with van der Waals surface area (Å²) in [6.45, 7) is 1.76. The summed E-state index contributed by atoms with van der Waals surface area (Å²) in [5, 5.41) is 4.60. The molecule has 2 N–H and O–H groups in total. The second-order valence-corrected chi connectivity index (χ2v) is 4.23. The summed E-state index contributed by atoms with van der Waals surface area (Å²) < 4.78 is 21.6. The average molecular weight is 207 g/mol. The van der Waals surface area contributed by atoms with E-state index in [9.17, 15) is 8.42 Å². The quantitative estimate of drug-likeness (QED) is 0.735. The Morgan fingerprint density at radius 2 is 2.17 bits per heavy atom. The van der Waals surface area contributed by atoms with Crippen LogP contribution in [-0.2, 0) is 10.0 Å². The summed E-state index contributed by atoms with van der Waals surface area (Å²) in [5.41, 5.74) is 0.785. The molecule has 0 aromatic carbocycles. The number of pyridine rings is 1. The van der Waals surface area contributed by atoms with Crippen LogP contribution >= 0.6 is 11.6 Å². The van der Waals surface area contributed by atoms with Gasteiger partial charge in [0.15, 0.2) is 5.03 Å². The molecule has 6 heteroatoms. The molecule has 0 amide bonds. The van der Waals surface area contributed by atoms with Crippen molar-refractivity contribution in [1.29, 1.82) is 0 Å². The Morgan fingerprint density at radius 1 is 1.58 bits per heavy atom. The molecule has 0 aliphatic rings. The first-order chi connectivity index (χ1) is 5.41. The van der Waals surface area contributed by atoms with Gasteiger partial charge in [-0.2, -0.15) is 0 Å². The molecule has 0 unspecified atom stereocenters. The fourth-order valence-corrected chi connectivity index (χ4v) is 1.80. The average Bonchev–Trinajstić information content (AvgIpc) is 1.83. The highest BCUT2D eigenvalue weighted by atomic mass is 35.5. The minimum absolute atomic E-state index is 0.0532. The van der Waals surface area contributed by atoms with E-state index in [2.05, 4.69) is 4.98 Å². The molecule has 4 nitrogen and oxygen atoms in total. The smallest absolute Gasteiger partial charge is 0.242 e. The molecular weight excluding hydrogens is 200 g/mol. The van der Waals surface area contributed by atoms with Crippen LogP contribution in [-0.4, -0.2) is 13.4 Å². The highest BCUT2D eigenvalue weighted by molar-refractivity contribution is 7.89. The lowest BCUT2D eigenvalue weighted by atomic mass is 10.3. The number of primary sulfonamides is 1. The van der Waals surface area contributed by atoms with Gasteiger partial charge in [0.25, 0.3) is 10.0 Å². The van der Waals surface area contributed by atoms with E-state index in [0.29, 0.717) is 0 Å². The van der Waals surface area contributed by atoms with Crippen molar-refractivity contribution in [1.82, 2.24) is 4.98 Å². The number of nitrogens with two attached hydrogens (primary N) is 1. The van der Waals surface area contributed by atoms with Crippen LogP contribution in [0.5, 0.6) is 0 Å². The zero-order chi connectivity index (χ0) is 9.35. The number of rotatable bonds is 1. The fraction of sp³-hybridized carbons (Fsp3) is 0.167. The largest absolute Gasteiger partial charge is 0.257 e. The van der Waals surface area contributed by atoms with Crippen molar-refractivity contribution in [2.24, 2.45) is 5.14 Å². The molecule has 1 heterocycles. The third-order valence-electron chi connectivity index (χ3n) is 1.21. The van der Waals surface area contributed by atoms with E-state index in [1.165, 1.54) is 12.3 Å². The lowest BCUT2D eigenvalue weighted by Gasteiger charge is -1.99. The van der Waals surface area contributed by atoms with Gasteiger partial charge < -0.3 is 0 Å². The Bertz CT molecular complexity index is 402. The molecule has 0 saturated carbocycles. The normalized spacial score (nSPS) is 11.6. The first-order valence-corrected chi connectivity index (χ1v) is 4.98. The van der Waals surface area contributed by atoms with E-state index in [1.54, 1.807) is 6.92 Å². The van der Waals surface area contributed by atoms with Crippen LogP contribution in [0.3, 0.4) is 0 Å². The monoisotopic (exact) mass is 206 g/mol. The summed E-state index contributed by atoms with van der Waals surface area (Å²) in [7, 11) is -3.79. The molecule has 66 valence electrons. The lowest BCUT2D eigenvalue weighted by Crippen LogP contribution is -2.14. The van der Waals surface area contributed by atoms with Crippen molar-refractivity contribution in [3.8, 4) is 0 Å². The van der Waals surface area contributed by atoms with E-state index in [4.69, 9.17) is 16.7 Å². The first-order valence-electron chi connectivity index (χ1n) is 3.06. The van der Waals surface area contributed by atoms with Crippen LogP contribution < -0.4 is 5.14 Å². The van der Waals surface area contributed by atoms with E-state index in [0.717, 1.165) is 5.56 Å². The first kappa shape index (κ1) is 9.44. The number of sulfonamides is 1. The molecule has 0 fully saturated rings. The lowest BCUT2D eigenvalue weighted by molar-refractivity contribution is 0.594. The fourth-order valence-electron chi connectivity index (χ4n) is 0.730. The standard InChI is InChI=1S/C6H7ClN2O2S/c1-4-2-5(7)6(9-3-4)12(8,10)11/h2-3H,1H3,(H2,8,10,11). The van der Waals surface area contributed by atoms with Crippen LogP contribution in [0.1, 0.15) is 5.56 Å². The summed E-state index contributed by atoms with van der Waals surface area (Å²) in [6, 6.07) is 1.49. The molecule has 1 aromatic rings. The number of nitrogens with zero attached hydrogens (tertiary/aromatic N) is 1. The zero-order valence-corrected chi connectivity index (χ0v) is 7.85. The van der Waals surface area contributed by atoms with E-state index < -0.39 is 10.0 Å². The van der Waals surface area contributed by atoms with Crippen LogP contribution in [0.4, 0.5) is 0 Å². The van der Waals surface area contributed by atoms with Gasteiger partial charge >= 0.3 is 0 Å². The third-order valence-corrected chi connectivity index (χ3v) is 2.48. The van der Waals surface area contributed by atoms with Crippen molar-refractivity contribution >= 4 is 21.6 Å². The number of aryl methyl sites for hydroxylation is 1. The molecule has 0 saturated heterocycles. The van der Waals surface area contributed by atoms with Gasteiger partial charge in [-0.15, -0.1) is 0 Å². The zero-order valence-electron chi connectivity index (χ0n) is 6.28. The summed E-state index contributed by atoms with van der Waals surface area (Å²) in [4.78, 5) is 3.60. The van der Waals surface area contributed by atoms with Gasteiger partial charge in [0.1, 0.15) is 0 Å².